The normalized spacial score (nSPS) is 24.1. The first-order valence-corrected chi connectivity index (χ1v) is 14.0. The van der Waals surface area contributed by atoms with E-state index in [0.29, 0.717) is 30.6 Å². The standard InChI is InChI=1S/C25H35N17O2/c1-37-22(43)18(35-33-15-40(27)24-29-8-3-9-30-24)14-39(37)12-7-20-21(36-34-16-41(28)25-31-10-4-11-32-25)23(44)38(2)42(20)19-6-5-17(19)13-26/h3-4,8-11,17,19-20,33-34H,5-7,12,14-16,27-28H2,1-2H3. The second-order valence-corrected chi connectivity index (χ2v) is 10.3. The molecule has 0 spiro atoms. The maximum absolute atomic E-state index is 13.4. The highest BCUT2D eigenvalue weighted by molar-refractivity contribution is 6.42. The molecule has 19 heteroatoms. The molecule has 232 valence electrons. The van der Waals surface area contributed by atoms with Gasteiger partial charge in [-0.25, -0.2) is 41.6 Å². The fourth-order valence-electron chi connectivity index (χ4n) is 5.21. The van der Waals surface area contributed by atoms with Crippen LogP contribution in [-0.2, 0) is 9.59 Å². The fourth-order valence-corrected chi connectivity index (χ4v) is 5.21. The highest BCUT2D eigenvalue weighted by Crippen LogP contribution is 2.37. The van der Waals surface area contributed by atoms with E-state index >= 15 is 0 Å². The maximum atomic E-state index is 13.4. The van der Waals surface area contributed by atoms with Crippen molar-refractivity contribution in [2.75, 3.05) is 50.5 Å². The fraction of sp³-hybridized carbons (Fsp3) is 0.480. The zero-order valence-corrected chi connectivity index (χ0v) is 24.4. The van der Waals surface area contributed by atoms with Crippen LogP contribution in [0.3, 0.4) is 0 Å². The average molecular weight is 606 g/mol. The molecule has 3 atom stereocenters. The molecule has 0 radical (unpaired) electrons. The third-order valence-electron chi connectivity index (χ3n) is 7.71. The minimum absolute atomic E-state index is 0.0499. The molecular formula is C25H35N17O2. The van der Waals surface area contributed by atoms with Crippen LogP contribution >= 0.6 is 0 Å². The monoisotopic (exact) mass is 605 g/mol. The summed E-state index contributed by atoms with van der Waals surface area (Å²) in [4.78, 5) is 42.6. The van der Waals surface area contributed by atoms with Crippen molar-refractivity contribution < 1.29 is 9.59 Å². The Hall–Kier alpha value is -5.03. The lowest BCUT2D eigenvalue weighted by molar-refractivity contribution is -0.143. The quantitative estimate of drug-likeness (QED) is 0.112. The van der Waals surface area contributed by atoms with Crippen LogP contribution in [0.1, 0.15) is 19.3 Å². The zero-order chi connectivity index (χ0) is 31.2. The number of nitrogens with two attached hydrogens (primary N) is 2. The Kier molecular flexibility index (Phi) is 9.35. The number of nitrogens with zero attached hydrogens (tertiary/aromatic N) is 13. The van der Waals surface area contributed by atoms with E-state index in [1.807, 2.05) is 10.0 Å². The Morgan fingerprint density at radius 2 is 1.52 bits per heavy atom. The Balaban J connectivity index is 1.25. The van der Waals surface area contributed by atoms with Gasteiger partial charge in [-0.3, -0.25) is 40.5 Å². The van der Waals surface area contributed by atoms with E-state index in [4.69, 9.17) is 11.7 Å². The van der Waals surface area contributed by atoms with E-state index in [1.165, 1.54) is 20.0 Å². The number of aromatic nitrogens is 4. The summed E-state index contributed by atoms with van der Waals surface area (Å²) in [5.41, 5.74) is 6.25. The summed E-state index contributed by atoms with van der Waals surface area (Å²) in [7, 11) is 3.35. The molecule has 0 aromatic carbocycles. The molecule has 2 aromatic heterocycles. The van der Waals surface area contributed by atoms with Crippen molar-refractivity contribution in [2.24, 2.45) is 27.8 Å². The van der Waals surface area contributed by atoms with Gasteiger partial charge in [-0.05, 0) is 31.4 Å². The minimum Gasteiger partial charge on any atom is -0.289 e. The predicted octanol–water partition coefficient (Wildman–Crippen LogP) is -2.43. The number of rotatable bonds is 12. The van der Waals surface area contributed by atoms with Crippen LogP contribution in [0.2, 0.25) is 0 Å². The number of hydrazine groups is 4. The number of anilines is 2. The minimum atomic E-state index is -0.445. The number of hydrogen-bond acceptors (Lipinski definition) is 17. The van der Waals surface area contributed by atoms with Gasteiger partial charge in [-0.1, -0.05) is 0 Å². The predicted molar refractivity (Wildman–Crippen MR) is 158 cm³/mol. The molecule has 44 heavy (non-hydrogen) atoms. The number of amides is 2. The van der Waals surface area contributed by atoms with E-state index in [1.54, 1.807) is 51.0 Å². The third kappa shape index (κ3) is 6.32. The Labute approximate surface area is 253 Å². The molecule has 0 bridgehead atoms. The summed E-state index contributed by atoms with van der Waals surface area (Å²) in [6.45, 7) is 0.794. The SMILES string of the molecule is CN1C(=O)C(=NNCN(N)c2ncccn2)CN1CCC1C(=NNCN(N)c2ncccn2)C(=O)N(C)N1C1CCC1C#N. The molecule has 1 saturated carbocycles. The average Bonchev–Trinajstić information content (AvgIpc) is 3.42. The number of nitrogens with one attached hydrogen (secondary N) is 2. The molecular weight excluding hydrogens is 570 g/mol. The molecule has 6 N–H and O–H groups in total. The lowest BCUT2D eigenvalue weighted by Crippen LogP contribution is -2.55. The summed E-state index contributed by atoms with van der Waals surface area (Å²) in [5, 5.41) is 27.7. The van der Waals surface area contributed by atoms with Crippen LogP contribution in [0.15, 0.2) is 47.1 Å². The molecule has 5 rings (SSSR count). The van der Waals surface area contributed by atoms with Gasteiger partial charge in [0, 0.05) is 51.5 Å². The molecule has 1 aliphatic carbocycles. The first-order valence-electron chi connectivity index (χ1n) is 14.0. The first-order chi connectivity index (χ1) is 21.3. The highest BCUT2D eigenvalue weighted by atomic mass is 16.2. The largest absolute Gasteiger partial charge is 0.289 e. The van der Waals surface area contributed by atoms with Crippen LogP contribution in [0.5, 0.6) is 0 Å². The first kappa shape index (κ1) is 30.4. The highest BCUT2D eigenvalue weighted by Gasteiger charge is 2.50. The van der Waals surface area contributed by atoms with Gasteiger partial charge in [-0.2, -0.15) is 15.5 Å². The van der Waals surface area contributed by atoms with E-state index in [9.17, 15) is 14.9 Å². The van der Waals surface area contributed by atoms with Crippen LogP contribution in [-0.4, -0.2) is 116 Å². The van der Waals surface area contributed by atoms with Crippen LogP contribution in [0.4, 0.5) is 11.9 Å². The summed E-state index contributed by atoms with van der Waals surface area (Å²) < 4.78 is 0. The van der Waals surface area contributed by atoms with E-state index in [2.05, 4.69) is 47.1 Å². The topological polar surface area (TPSA) is 230 Å². The van der Waals surface area contributed by atoms with Crippen LogP contribution in [0, 0.1) is 17.2 Å². The van der Waals surface area contributed by atoms with Gasteiger partial charge in [0.25, 0.3) is 11.8 Å². The third-order valence-corrected chi connectivity index (χ3v) is 7.71. The summed E-state index contributed by atoms with van der Waals surface area (Å²) in [6, 6.07) is 5.14. The van der Waals surface area contributed by atoms with E-state index in [0.717, 1.165) is 12.8 Å². The van der Waals surface area contributed by atoms with Gasteiger partial charge in [0.15, 0.2) is 0 Å². The van der Waals surface area contributed by atoms with Crippen molar-refractivity contribution in [1.29, 1.82) is 5.26 Å². The van der Waals surface area contributed by atoms with Crippen molar-refractivity contribution in [3.63, 3.8) is 0 Å². The Morgan fingerprint density at radius 3 is 2.07 bits per heavy atom. The molecule has 3 unspecified atom stereocenters. The Morgan fingerprint density at radius 1 is 0.932 bits per heavy atom. The van der Waals surface area contributed by atoms with Gasteiger partial charge in [0.2, 0.25) is 11.9 Å². The second kappa shape index (κ2) is 13.5. The molecule has 4 heterocycles. The molecule has 2 saturated heterocycles. The van der Waals surface area contributed by atoms with Crippen molar-refractivity contribution in [3.8, 4) is 6.07 Å². The molecule has 2 amide bonds. The molecule has 19 nitrogen and oxygen atoms in total. The van der Waals surface area contributed by atoms with Gasteiger partial charge >= 0.3 is 0 Å². The number of carbonyl (C=O) groups is 2. The Bertz CT molecular complexity index is 1420. The van der Waals surface area contributed by atoms with Gasteiger partial charge < -0.3 is 0 Å². The van der Waals surface area contributed by atoms with Crippen molar-refractivity contribution in [2.45, 2.75) is 31.3 Å². The molecule has 3 aliphatic rings. The van der Waals surface area contributed by atoms with Crippen LogP contribution < -0.4 is 32.6 Å². The number of hydrazone groups is 2. The summed E-state index contributed by atoms with van der Waals surface area (Å²) in [5.74, 6) is 11.9. The molecule has 3 fully saturated rings. The van der Waals surface area contributed by atoms with E-state index < -0.39 is 6.04 Å². The van der Waals surface area contributed by atoms with E-state index in [-0.39, 0.29) is 49.4 Å². The number of carbonyl (C=O) groups excluding carboxylic acids is 2. The number of nitriles is 1. The molecule has 2 aromatic rings. The molecule has 2 aliphatic heterocycles. The lowest BCUT2D eigenvalue weighted by Gasteiger charge is -2.44. The second-order valence-electron chi connectivity index (χ2n) is 10.3. The van der Waals surface area contributed by atoms with Gasteiger partial charge in [0.1, 0.15) is 24.8 Å². The van der Waals surface area contributed by atoms with Crippen molar-refractivity contribution >= 4 is 35.1 Å². The van der Waals surface area contributed by atoms with Crippen molar-refractivity contribution in [1.82, 2.24) is 50.8 Å². The summed E-state index contributed by atoms with van der Waals surface area (Å²) in [6.07, 6.45) is 8.28. The lowest BCUT2D eigenvalue weighted by atomic mass is 9.79. The zero-order valence-electron chi connectivity index (χ0n) is 24.4. The number of hydrogen-bond donors (Lipinski definition) is 4. The maximum Gasteiger partial charge on any atom is 0.285 e. The van der Waals surface area contributed by atoms with Crippen molar-refractivity contribution in [3.05, 3.63) is 36.9 Å². The summed E-state index contributed by atoms with van der Waals surface area (Å²) >= 11 is 0. The smallest absolute Gasteiger partial charge is 0.285 e. The van der Waals surface area contributed by atoms with Gasteiger partial charge in [-0.15, -0.1) is 0 Å². The van der Waals surface area contributed by atoms with Gasteiger partial charge in [0.05, 0.1) is 24.6 Å². The van der Waals surface area contributed by atoms with Crippen LogP contribution in [0.25, 0.3) is 0 Å².